The average molecular weight is 322 g/mol. The van der Waals surface area contributed by atoms with Crippen molar-refractivity contribution in [3.05, 3.63) is 35.0 Å². The van der Waals surface area contributed by atoms with Gasteiger partial charge >= 0.3 is 0 Å². The predicted octanol–water partition coefficient (Wildman–Crippen LogP) is 3.31. The van der Waals surface area contributed by atoms with Gasteiger partial charge in [0.2, 0.25) is 0 Å². The van der Waals surface area contributed by atoms with Crippen molar-refractivity contribution in [3.63, 3.8) is 0 Å². The van der Waals surface area contributed by atoms with Gasteiger partial charge in [-0.05, 0) is 50.7 Å². The molecule has 0 saturated carbocycles. The summed E-state index contributed by atoms with van der Waals surface area (Å²) in [6, 6.07) is 7.87. The Hall–Kier alpha value is -1.36. The molecule has 0 aliphatic carbocycles. The maximum absolute atomic E-state index is 9.00. The molecule has 0 fully saturated rings. The maximum Gasteiger partial charge on any atom is 0.0740 e. The van der Waals surface area contributed by atoms with Gasteiger partial charge in [-0.15, -0.1) is 0 Å². The number of hydrogen-bond acceptors (Lipinski definition) is 4. The lowest BCUT2D eigenvalue weighted by Gasteiger charge is -2.19. The van der Waals surface area contributed by atoms with E-state index in [2.05, 4.69) is 28.2 Å². The van der Waals surface area contributed by atoms with E-state index >= 15 is 0 Å². The van der Waals surface area contributed by atoms with Crippen LogP contribution in [0.5, 0.6) is 0 Å². The second kappa shape index (κ2) is 8.32. The third-order valence-electron chi connectivity index (χ3n) is 3.73. The molecule has 0 aliphatic rings. The fourth-order valence-corrected chi connectivity index (χ4v) is 2.74. The van der Waals surface area contributed by atoms with Gasteiger partial charge < -0.3 is 15.3 Å². The molecule has 120 valence electrons. The molecule has 0 unspecified atom stereocenters. The highest BCUT2D eigenvalue weighted by molar-refractivity contribution is 6.31. The Morgan fingerprint density at radius 3 is 2.82 bits per heavy atom. The minimum atomic E-state index is 0.218. The van der Waals surface area contributed by atoms with Crippen LogP contribution < -0.4 is 5.32 Å². The molecule has 1 aromatic carbocycles. The molecule has 2 rings (SSSR count). The van der Waals surface area contributed by atoms with Crippen LogP contribution in [-0.2, 0) is 0 Å². The summed E-state index contributed by atoms with van der Waals surface area (Å²) >= 11 is 6.04. The number of anilines is 1. The summed E-state index contributed by atoms with van der Waals surface area (Å²) in [6.45, 7) is 7.91. The van der Waals surface area contributed by atoms with Gasteiger partial charge in [0.25, 0.3) is 0 Å². The quantitative estimate of drug-likeness (QED) is 0.732. The van der Waals surface area contributed by atoms with E-state index < -0.39 is 0 Å². The maximum atomic E-state index is 9.00. The van der Waals surface area contributed by atoms with Crippen molar-refractivity contribution in [3.8, 4) is 0 Å². The minimum absolute atomic E-state index is 0.218. The normalized spacial score (nSPS) is 11.3. The topological polar surface area (TPSA) is 48.4 Å². The highest BCUT2D eigenvalue weighted by Gasteiger charge is 2.05. The van der Waals surface area contributed by atoms with Gasteiger partial charge in [0.1, 0.15) is 0 Å². The third kappa shape index (κ3) is 4.57. The fourth-order valence-electron chi connectivity index (χ4n) is 2.58. The number of rotatable bonds is 8. The summed E-state index contributed by atoms with van der Waals surface area (Å²) in [5, 5.41) is 14.3. The number of aryl methyl sites for hydroxylation is 1. The van der Waals surface area contributed by atoms with E-state index in [9.17, 15) is 0 Å². The molecule has 1 aromatic heterocycles. The van der Waals surface area contributed by atoms with E-state index in [0.717, 1.165) is 54.9 Å². The first kappa shape index (κ1) is 17.0. The lowest BCUT2D eigenvalue weighted by Crippen LogP contribution is -2.28. The molecule has 0 radical (unpaired) electrons. The number of fused-ring (bicyclic) bond motifs is 1. The van der Waals surface area contributed by atoms with Crippen LogP contribution in [0.25, 0.3) is 10.9 Å². The largest absolute Gasteiger partial charge is 0.395 e. The van der Waals surface area contributed by atoms with Crippen LogP contribution in [0.1, 0.15) is 19.0 Å². The number of aliphatic hydroxyl groups is 1. The van der Waals surface area contributed by atoms with Crippen molar-refractivity contribution in [2.45, 2.75) is 20.3 Å². The van der Waals surface area contributed by atoms with E-state index in [4.69, 9.17) is 16.7 Å². The molecule has 0 bridgehead atoms. The van der Waals surface area contributed by atoms with Gasteiger partial charge in [-0.3, -0.25) is 4.98 Å². The van der Waals surface area contributed by atoms with Gasteiger partial charge in [-0.1, -0.05) is 18.5 Å². The molecule has 0 aliphatic heterocycles. The SMILES string of the molecule is CCN(CCO)CCCNc1cc(C)nc2cc(Cl)ccc12. The number of aliphatic hydroxyl groups excluding tert-OH is 1. The molecule has 0 amide bonds. The summed E-state index contributed by atoms with van der Waals surface area (Å²) in [5.74, 6) is 0. The van der Waals surface area contributed by atoms with Crippen molar-refractivity contribution < 1.29 is 5.11 Å². The summed E-state index contributed by atoms with van der Waals surface area (Å²) in [4.78, 5) is 6.78. The van der Waals surface area contributed by atoms with E-state index in [1.54, 1.807) is 0 Å². The standard InChI is InChI=1S/C17H24ClN3O/c1-3-21(9-10-22)8-4-7-19-16-11-13(2)20-17-12-14(18)5-6-15(16)17/h5-6,11-12,22H,3-4,7-10H2,1-2H3,(H,19,20). The molecule has 5 heteroatoms. The van der Waals surface area contributed by atoms with Crippen LogP contribution in [0.4, 0.5) is 5.69 Å². The summed E-state index contributed by atoms with van der Waals surface area (Å²) < 4.78 is 0. The zero-order chi connectivity index (χ0) is 15.9. The number of pyridine rings is 1. The molecule has 0 atom stereocenters. The molecular formula is C17H24ClN3O. The average Bonchev–Trinajstić information content (AvgIpc) is 2.49. The number of aromatic nitrogens is 1. The van der Waals surface area contributed by atoms with E-state index in [0.29, 0.717) is 5.02 Å². The Bertz CT molecular complexity index is 613. The number of hydrogen-bond donors (Lipinski definition) is 2. The van der Waals surface area contributed by atoms with E-state index in [-0.39, 0.29) is 6.61 Å². The number of benzene rings is 1. The predicted molar refractivity (Wildman–Crippen MR) is 93.8 cm³/mol. The van der Waals surface area contributed by atoms with Crippen molar-refractivity contribution in [2.24, 2.45) is 0 Å². The van der Waals surface area contributed by atoms with Crippen molar-refractivity contribution in [1.82, 2.24) is 9.88 Å². The lowest BCUT2D eigenvalue weighted by molar-refractivity contribution is 0.202. The van der Waals surface area contributed by atoms with Gasteiger partial charge in [-0.2, -0.15) is 0 Å². The lowest BCUT2D eigenvalue weighted by atomic mass is 10.1. The molecule has 22 heavy (non-hydrogen) atoms. The van der Waals surface area contributed by atoms with Crippen molar-refractivity contribution >= 4 is 28.2 Å². The van der Waals surface area contributed by atoms with Gasteiger partial charge in [0.15, 0.2) is 0 Å². The van der Waals surface area contributed by atoms with Gasteiger partial charge in [-0.25, -0.2) is 0 Å². The molecule has 0 saturated heterocycles. The molecular weight excluding hydrogens is 298 g/mol. The molecule has 2 aromatic rings. The van der Waals surface area contributed by atoms with Crippen molar-refractivity contribution in [2.75, 3.05) is 38.1 Å². The smallest absolute Gasteiger partial charge is 0.0740 e. The first-order valence-electron chi connectivity index (χ1n) is 7.78. The van der Waals surface area contributed by atoms with Crippen molar-refractivity contribution in [1.29, 1.82) is 0 Å². The Morgan fingerprint density at radius 2 is 2.09 bits per heavy atom. The van der Waals surface area contributed by atoms with Crippen LogP contribution in [0.15, 0.2) is 24.3 Å². The molecule has 2 N–H and O–H groups in total. The Labute approximate surface area is 137 Å². The van der Waals surface area contributed by atoms with Crippen LogP contribution in [0.2, 0.25) is 5.02 Å². The second-order valence-corrected chi connectivity index (χ2v) is 5.85. The monoisotopic (exact) mass is 321 g/mol. The highest BCUT2D eigenvalue weighted by Crippen LogP contribution is 2.25. The second-order valence-electron chi connectivity index (χ2n) is 5.41. The van der Waals surface area contributed by atoms with E-state index in [1.807, 2.05) is 25.1 Å². The summed E-state index contributed by atoms with van der Waals surface area (Å²) in [5.41, 5.74) is 3.00. The van der Waals surface area contributed by atoms with Crippen LogP contribution in [0.3, 0.4) is 0 Å². The van der Waals surface area contributed by atoms with Gasteiger partial charge in [0.05, 0.1) is 12.1 Å². The summed E-state index contributed by atoms with van der Waals surface area (Å²) in [7, 11) is 0. The summed E-state index contributed by atoms with van der Waals surface area (Å²) in [6.07, 6.45) is 1.03. The van der Waals surface area contributed by atoms with Gasteiger partial charge in [0, 0.05) is 34.9 Å². The Morgan fingerprint density at radius 1 is 1.27 bits per heavy atom. The number of halogens is 1. The molecule has 0 spiro atoms. The number of nitrogens with one attached hydrogen (secondary N) is 1. The van der Waals surface area contributed by atoms with E-state index in [1.165, 1.54) is 0 Å². The molecule has 4 nitrogen and oxygen atoms in total. The van der Waals surface area contributed by atoms with Crippen LogP contribution >= 0.6 is 11.6 Å². The fraction of sp³-hybridized carbons (Fsp3) is 0.471. The van der Waals surface area contributed by atoms with Crippen LogP contribution in [-0.4, -0.2) is 47.8 Å². The zero-order valence-corrected chi connectivity index (χ0v) is 14.0. The highest BCUT2D eigenvalue weighted by atomic mass is 35.5. The first-order valence-corrected chi connectivity index (χ1v) is 8.16. The molecule has 1 heterocycles. The Kier molecular flexibility index (Phi) is 6.43. The first-order chi connectivity index (χ1) is 10.6. The minimum Gasteiger partial charge on any atom is -0.395 e. The van der Waals surface area contributed by atoms with Crippen LogP contribution in [0, 0.1) is 6.92 Å². The number of nitrogens with zero attached hydrogens (tertiary/aromatic N) is 2. The Balaban J connectivity index is 1.99. The third-order valence-corrected chi connectivity index (χ3v) is 3.97. The zero-order valence-electron chi connectivity index (χ0n) is 13.3. The number of likely N-dealkylation sites (N-methyl/N-ethyl adjacent to an activating group) is 1.